The summed E-state index contributed by atoms with van der Waals surface area (Å²) in [6.45, 7) is 15.9. The number of ether oxygens (including phenoxy) is 1. The maximum absolute atomic E-state index is 5.99. The molecule has 0 atom stereocenters. The van der Waals surface area contributed by atoms with E-state index in [1.54, 1.807) is 7.11 Å². The quantitative estimate of drug-likeness (QED) is 0.315. The van der Waals surface area contributed by atoms with Crippen LogP contribution < -0.4 is 9.57 Å². The number of methoxy groups -OCH3 is 1. The second-order valence-corrected chi connectivity index (χ2v) is 5.53. The first-order valence-corrected chi connectivity index (χ1v) is 8.68. The van der Waals surface area contributed by atoms with Crippen molar-refractivity contribution in [1.82, 2.24) is 0 Å². The minimum atomic E-state index is 0.717. The summed E-state index contributed by atoms with van der Waals surface area (Å²) in [5, 5.41) is 0. The van der Waals surface area contributed by atoms with E-state index in [1.165, 1.54) is 4.74 Å². The van der Waals surface area contributed by atoms with Gasteiger partial charge in [0, 0.05) is 5.75 Å². The predicted octanol–water partition coefficient (Wildman–Crippen LogP) is 4.57. The van der Waals surface area contributed by atoms with Crippen LogP contribution in [0.3, 0.4) is 0 Å². The molecule has 0 radical (unpaired) electrons. The summed E-state index contributed by atoms with van der Waals surface area (Å²) in [6, 6.07) is 17.5. The highest BCUT2D eigenvalue weighted by Crippen LogP contribution is 2.29. The van der Waals surface area contributed by atoms with Crippen molar-refractivity contribution < 1.29 is 18.9 Å². The van der Waals surface area contributed by atoms with E-state index in [-0.39, 0.29) is 0 Å². The van der Waals surface area contributed by atoms with Crippen LogP contribution >= 0.6 is 0 Å². The third-order valence-electron chi connectivity index (χ3n) is 3.93. The van der Waals surface area contributed by atoms with Gasteiger partial charge in [0.25, 0.3) is 0 Å². The Morgan fingerprint density at radius 1 is 0.808 bits per heavy atom. The molecule has 0 unspecified atom stereocenters. The van der Waals surface area contributed by atoms with Gasteiger partial charge in [0.1, 0.15) is 25.6 Å². The van der Waals surface area contributed by atoms with Crippen LogP contribution in [0, 0.1) is 12.1 Å². The molecule has 0 N–H and O–H groups in total. The van der Waals surface area contributed by atoms with E-state index in [1.807, 2.05) is 87.8 Å². The minimum absolute atomic E-state index is 0.717. The number of benzene rings is 2. The largest absolute Gasteiger partial charge is 0.539 e. The van der Waals surface area contributed by atoms with E-state index >= 15 is 0 Å². The molecule has 0 heterocycles. The summed E-state index contributed by atoms with van der Waals surface area (Å²) in [7, 11) is 3.55. The van der Waals surface area contributed by atoms with Crippen LogP contribution in [0.2, 0.25) is 0 Å². The highest BCUT2D eigenvalue weighted by molar-refractivity contribution is 5.42. The lowest BCUT2D eigenvalue weighted by Crippen LogP contribution is -2.21. The highest BCUT2D eigenvalue weighted by Gasteiger charge is 2.18. The average molecular weight is 354 g/mol. The van der Waals surface area contributed by atoms with Crippen molar-refractivity contribution >= 4 is 13.4 Å². The minimum Gasteiger partial charge on any atom is -0.539 e. The number of hydrogen-bond donors (Lipinski definition) is 0. The second-order valence-electron chi connectivity index (χ2n) is 5.53. The summed E-state index contributed by atoms with van der Waals surface area (Å²) in [4.78, 5) is 5.99. The lowest BCUT2D eigenvalue weighted by Gasteiger charge is -2.22. The molecular weight excluding hydrogens is 324 g/mol. The predicted molar refractivity (Wildman–Crippen MR) is 108 cm³/mol. The Balaban J connectivity index is 0.00000163. The van der Waals surface area contributed by atoms with Gasteiger partial charge in [-0.05, 0) is 25.0 Å². The first-order valence-electron chi connectivity index (χ1n) is 8.68. The van der Waals surface area contributed by atoms with Crippen molar-refractivity contribution in [2.24, 2.45) is 0 Å². The van der Waals surface area contributed by atoms with Crippen molar-refractivity contribution in [3.63, 3.8) is 0 Å². The van der Waals surface area contributed by atoms with Crippen molar-refractivity contribution in [2.45, 2.75) is 27.7 Å². The molecule has 0 bridgehead atoms. The first-order chi connectivity index (χ1) is 12.5. The topological polar surface area (TPSA) is 24.5 Å². The molecule has 140 valence electrons. The lowest BCUT2D eigenvalue weighted by molar-refractivity contribution is -0.721. The van der Waals surface area contributed by atoms with Crippen molar-refractivity contribution in [3.8, 4) is 11.5 Å². The number of para-hydroxylation sites is 2. The number of hydrogen-bond acceptors (Lipinski definition) is 2. The SMILES string of the molecule is C=[N+](C)[C-](C)c1ccccc1O[N+](=C)[C-](C)c1ccccc1OC.CC. The molecule has 0 aliphatic rings. The number of nitrogens with zero attached hydrogens (tertiary/aromatic N) is 2. The van der Waals surface area contributed by atoms with Crippen LogP contribution in [-0.4, -0.2) is 36.9 Å². The standard InChI is InChI=1S/C20H24N2O2.C2H6/c1-15(21(3)4)17-11-8-10-14-20(17)24-22(5)16(2)18-12-7-9-13-19(18)23-6;1-2/h7-14H,3,5H2,1-2,4,6H3;1-2H3. The zero-order valence-corrected chi connectivity index (χ0v) is 16.7. The molecule has 0 fully saturated rings. The molecular formula is C22H30N2O2. The van der Waals surface area contributed by atoms with Crippen LogP contribution in [0.25, 0.3) is 0 Å². The third kappa shape index (κ3) is 5.06. The van der Waals surface area contributed by atoms with Gasteiger partial charge in [-0.2, -0.15) is 0 Å². The van der Waals surface area contributed by atoms with Crippen LogP contribution in [0.5, 0.6) is 11.5 Å². The van der Waals surface area contributed by atoms with Gasteiger partial charge in [0.2, 0.25) is 0 Å². The van der Waals surface area contributed by atoms with Crippen molar-refractivity contribution in [1.29, 1.82) is 0 Å². The van der Waals surface area contributed by atoms with Crippen LogP contribution in [0.15, 0.2) is 48.5 Å². The molecule has 2 aromatic carbocycles. The number of hydroxylamine groups is 1. The summed E-state index contributed by atoms with van der Waals surface area (Å²) in [5.74, 6) is 1.50. The Hall–Kier alpha value is -2.88. The fraction of sp³-hybridized carbons (Fsp3) is 0.273. The zero-order valence-electron chi connectivity index (χ0n) is 16.7. The van der Waals surface area contributed by atoms with Crippen LogP contribution in [0.4, 0.5) is 0 Å². The molecule has 2 rings (SSSR count). The molecule has 2 aromatic rings. The normalized spacial score (nSPS) is 9.46. The maximum Gasteiger partial charge on any atom is 0.152 e. The fourth-order valence-electron chi connectivity index (χ4n) is 2.32. The summed E-state index contributed by atoms with van der Waals surface area (Å²) < 4.78 is 8.73. The van der Waals surface area contributed by atoms with Crippen LogP contribution in [-0.2, 0) is 0 Å². The van der Waals surface area contributed by atoms with Gasteiger partial charge in [0.15, 0.2) is 6.04 Å². The molecule has 0 saturated heterocycles. The number of rotatable bonds is 7. The molecule has 0 aliphatic carbocycles. The zero-order chi connectivity index (χ0) is 19.7. The molecule has 4 nitrogen and oxygen atoms in total. The van der Waals surface area contributed by atoms with Gasteiger partial charge in [-0.3, -0.25) is 9.41 Å². The molecule has 0 aliphatic heterocycles. The molecule has 0 amide bonds. The van der Waals surface area contributed by atoms with Gasteiger partial charge in [-0.15, -0.1) is 24.3 Å². The molecule has 0 saturated carbocycles. The van der Waals surface area contributed by atoms with E-state index in [9.17, 15) is 0 Å². The Morgan fingerprint density at radius 3 is 1.77 bits per heavy atom. The maximum atomic E-state index is 5.99. The lowest BCUT2D eigenvalue weighted by atomic mass is 10.1. The van der Waals surface area contributed by atoms with Crippen molar-refractivity contribution in [2.75, 3.05) is 14.2 Å². The molecule has 26 heavy (non-hydrogen) atoms. The first kappa shape index (κ1) is 21.2. The summed E-state index contributed by atoms with van der Waals surface area (Å²) >= 11 is 0. The van der Waals surface area contributed by atoms with E-state index in [2.05, 4.69) is 13.4 Å². The monoisotopic (exact) mass is 354 g/mol. The molecule has 4 heteroatoms. The van der Waals surface area contributed by atoms with Crippen molar-refractivity contribution in [3.05, 3.63) is 71.7 Å². The van der Waals surface area contributed by atoms with Gasteiger partial charge in [0.05, 0.1) is 13.8 Å². The van der Waals surface area contributed by atoms with Gasteiger partial charge in [-0.25, -0.2) is 0 Å². The van der Waals surface area contributed by atoms with E-state index < -0.39 is 0 Å². The summed E-state index contributed by atoms with van der Waals surface area (Å²) in [6.07, 6.45) is 0. The highest BCUT2D eigenvalue weighted by atomic mass is 16.7. The Labute approximate surface area is 158 Å². The van der Waals surface area contributed by atoms with Gasteiger partial charge < -0.3 is 4.74 Å². The van der Waals surface area contributed by atoms with Crippen LogP contribution in [0.1, 0.15) is 38.8 Å². The van der Waals surface area contributed by atoms with E-state index in [4.69, 9.17) is 9.57 Å². The van der Waals surface area contributed by atoms with E-state index in [0.717, 1.165) is 34.7 Å². The van der Waals surface area contributed by atoms with Gasteiger partial charge in [-0.1, -0.05) is 42.9 Å². The Morgan fingerprint density at radius 2 is 1.27 bits per heavy atom. The average Bonchev–Trinajstić information content (AvgIpc) is 2.68. The Kier molecular flexibility index (Phi) is 8.29. The van der Waals surface area contributed by atoms with E-state index in [0.29, 0.717) is 0 Å². The van der Waals surface area contributed by atoms with Gasteiger partial charge >= 0.3 is 0 Å². The third-order valence-corrected chi connectivity index (χ3v) is 3.93. The Bertz CT molecular complexity index is 740. The molecule has 0 aromatic heterocycles. The fourth-order valence-corrected chi connectivity index (χ4v) is 2.32. The smallest absolute Gasteiger partial charge is 0.152 e. The molecule has 0 spiro atoms. The second kappa shape index (κ2) is 10.2. The summed E-state index contributed by atoms with van der Waals surface area (Å²) in [5.41, 5.74) is 1.90.